The summed E-state index contributed by atoms with van der Waals surface area (Å²) in [6.07, 6.45) is 2.44. The molecule has 0 bridgehead atoms. The number of halogens is 3. The SMILES string of the molecule is CCC1=C(/C=C/c2cccc(C(F)(F)F)c2)NC(=NCC(O)CN2CCOCC2)NC(=NCCC(N=N)C2CC2)C1. The number of benzene rings is 1. The number of nitrogens with zero attached hydrogens (tertiary/aromatic N) is 4. The van der Waals surface area contributed by atoms with Crippen LogP contribution in [0.5, 0.6) is 0 Å². The van der Waals surface area contributed by atoms with Crippen molar-refractivity contribution in [1.29, 1.82) is 5.53 Å². The molecule has 1 aromatic carbocycles. The van der Waals surface area contributed by atoms with Gasteiger partial charge in [-0.3, -0.25) is 9.89 Å². The first-order valence-electron chi connectivity index (χ1n) is 14.3. The zero-order valence-electron chi connectivity index (χ0n) is 23.5. The van der Waals surface area contributed by atoms with Gasteiger partial charge in [0.1, 0.15) is 5.84 Å². The lowest BCUT2D eigenvalue weighted by Crippen LogP contribution is -2.43. The number of guanidine groups is 1. The maximum atomic E-state index is 13.2. The van der Waals surface area contributed by atoms with Crippen LogP contribution in [0.3, 0.4) is 0 Å². The molecule has 224 valence electrons. The van der Waals surface area contributed by atoms with Gasteiger partial charge in [0.15, 0.2) is 0 Å². The van der Waals surface area contributed by atoms with Crippen molar-refractivity contribution >= 4 is 17.9 Å². The monoisotopic (exact) mass is 575 g/mol. The van der Waals surface area contributed by atoms with Crippen molar-refractivity contribution in [2.75, 3.05) is 45.9 Å². The summed E-state index contributed by atoms with van der Waals surface area (Å²) in [6, 6.07) is 5.20. The van der Waals surface area contributed by atoms with E-state index < -0.39 is 17.8 Å². The van der Waals surface area contributed by atoms with Gasteiger partial charge in [-0.2, -0.15) is 18.3 Å². The second-order valence-electron chi connectivity index (χ2n) is 10.7. The van der Waals surface area contributed by atoms with Crippen LogP contribution in [0.1, 0.15) is 50.2 Å². The van der Waals surface area contributed by atoms with Crippen molar-refractivity contribution in [1.82, 2.24) is 15.5 Å². The lowest BCUT2D eigenvalue weighted by atomic mass is 10.0. The Morgan fingerprint density at radius 1 is 1.17 bits per heavy atom. The maximum Gasteiger partial charge on any atom is 0.416 e. The summed E-state index contributed by atoms with van der Waals surface area (Å²) in [5.74, 6) is 1.61. The van der Waals surface area contributed by atoms with E-state index in [4.69, 9.17) is 15.3 Å². The van der Waals surface area contributed by atoms with Crippen molar-refractivity contribution in [2.45, 2.75) is 57.3 Å². The number of ether oxygens (including phenoxy) is 1. The number of β-amino-alcohol motifs (C(OH)–C–C–N with tert-alkyl or cyclic N) is 1. The highest BCUT2D eigenvalue weighted by molar-refractivity contribution is 6.02. The van der Waals surface area contributed by atoms with Gasteiger partial charge in [-0.05, 0) is 60.9 Å². The lowest BCUT2D eigenvalue weighted by Gasteiger charge is -2.28. The minimum atomic E-state index is -4.42. The van der Waals surface area contributed by atoms with Gasteiger partial charge in [-0.15, -0.1) is 0 Å². The lowest BCUT2D eigenvalue weighted by molar-refractivity contribution is -0.137. The summed E-state index contributed by atoms with van der Waals surface area (Å²) in [5.41, 5.74) is 8.95. The Bertz CT molecular complexity index is 1160. The van der Waals surface area contributed by atoms with E-state index in [1.54, 1.807) is 18.2 Å². The molecule has 9 nitrogen and oxygen atoms in total. The molecule has 2 heterocycles. The Kier molecular flexibility index (Phi) is 11.1. The molecule has 4 N–H and O–H groups in total. The molecule has 2 atom stereocenters. The maximum absolute atomic E-state index is 13.2. The van der Waals surface area contributed by atoms with E-state index in [-0.39, 0.29) is 12.6 Å². The number of aliphatic imine (C=N–C) groups is 2. The number of morpholine rings is 1. The van der Waals surface area contributed by atoms with Crippen LogP contribution in [0.2, 0.25) is 0 Å². The average Bonchev–Trinajstić information content (AvgIpc) is 3.81. The standard InChI is InChI=1S/C29H40F3N7O2/c1-2-21-17-27(34-11-10-26(38-33)22-7-8-22)37-28(35-18-24(40)19-39-12-14-41-15-13-39)36-25(21)9-6-20-4-3-5-23(16-20)29(30,31)32/h3-6,9,16,22,24,26,33,40H,2,7-8,10-15,17-19H2,1H3,(H2,34,35,36,37)/b9-6+,38-33?. The van der Waals surface area contributed by atoms with Gasteiger partial charge < -0.3 is 20.5 Å². The third-order valence-electron chi connectivity index (χ3n) is 7.45. The second-order valence-corrected chi connectivity index (χ2v) is 10.7. The highest BCUT2D eigenvalue weighted by Crippen LogP contribution is 2.35. The molecule has 1 aromatic rings. The fraction of sp³-hybridized carbons (Fsp3) is 0.586. The average molecular weight is 576 g/mol. The van der Waals surface area contributed by atoms with Crippen LogP contribution < -0.4 is 10.6 Å². The van der Waals surface area contributed by atoms with Crippen LogP contribution in [-0.4, -0.2) is 79.9 Å². The van der Waals surface area contributed by atoms with Crippen LogP contribution in [0.25, 0.3) is 6.08 Å². The number of hydrogen-bond acceptors (Lipinski definition) is 7. The molecule has 3 aliphatic rings. The quantitative estimate of drug-likeness (QED) is 0.272. The van der Waals surface area contributed by atoms with Gasteiger partial charge in [0.05, 0.1) is 37.5 Å². The normalized spacial score (nSPS) is 22.5. The molecule has 2 aliphatic heterocycles. The van der Waals surface area contributed by atoms with Gasteiger partial charge >= 0.3 is 6.18 Å². The Balaban J connectivity index is 1.53. The number of allylic oxidation sites excluding steroid dienone is 1. The van der Waals surface area contributed by atoms with Crippen LogP contribution in [0.15, 0.2) is 56.7 Å². The molecule has 1 aliphatic carbocycles. The summed E-state index contributed by atoms with van der Waals surface area (Å²) < 4.78 is 45.0. The zero-order valence-corrected chi connectivity index (χ0v) is 23.5. The minimum Gasteiger partial charge on any atom is -0.390 e. The molecule has 1 saturated heterocycles. The van der Waals surface area contributed by atoms with Gasteiger partial charge in [-0.1, -0.05) is 25.1 Å². The van der Waals surface area contributed by atoms with Crippen LogP contribution in [0, 0.1) is 11.4 Å². The van der Waals surface area contributed by atoms with E-state index in [0.29, 0.717) is 68.8 Å². The molecule has 41 heavy (non-hydrogen) atoms. The number of aliphatic hydroxyl groups is 1. The highest BCUT2D eigenvalue weighted by atomic mass is 19.4. The third kappa shape index (κ3) is 9.75. The summed E-state index contributed by atoms with van der Waals surface area (Å²) in [6.45, 7) is 6.00. The van der Waals surface area contributed by atoms with Crippen LogP contribution in [-0.2, 0) is 10.9 Å². The molecule has 0 aromatic heterocycles. The zero-order chi connectivity index (χ0) is 29.2. The summed E-state index contributed by atoms with van der Waals surface area (Å²) in [5, 5.41) is 21.0. The molecule has 0 radical (unpaired) electrons. The van der Waals surface area contributed by atoms with Crippen molar-refractivity contribution < 1.29 is 23.0 Å². The fourth-order valence-corrected chi connectivity index (χ4v) is 4.93. The minimum absolute atomic E-state index is 0.00105. The first-order valence-corrected chi connectivity index (χ1v) is 14.3. The molecule has 2 fully saturated rings. The summed E-state index contributed by atoms with van der Waals surface area (Å²) >= 11 is 0. The molecule has 12 heteroatoms. The van der Waals surface area contributed by atoms with Gasteiger partial charge in [0.2, 0.25) is 5.96 Å². The van der Waals surface area contributed by atoms with E-state index in [2.05, 4.69) is 25.6 Å². The van der Waals surface area contributed by atoms with Crippen molar-refractivity contribution in [2.24, 2.45) is 21.0 Å². The number of amidine groups is 1. The van der Waals surface area contributed by atoms with Crippen molar-refractivity contribution in [3.05, 3.63) is 52.7 Å². The molecule has 4 rings (SSSR count). The van der Waals surface area contributed by atoms with E-state index in [1.807, 2.05) is 6.92 Å². The predicted octanol–water partition coefficient (Wildman–Crippen LogP) is 4.61. The highest BCUT2D eigenvalue weighted by Gasteiger charge is 2.31. The topological polar surface area (TPSA) is 118 Å². The van der Waals surface area contributed by atoms with Gasteiger partial charge in [0.25, 0.3) is 0 Å². The van der Waals surface area contributed by atoms with Crippen LogP contribution >= 0.6 is 0 Å². The smallest absolute Gasteiger partial charge is 0.390 e. The number of rotatable bonds is 12. The van der Waals surface area contributed by atoms with E-state index in [0.717, 1.165) is 49.3 Å². The van der Waals surface area contributed by atoms with Crippen molar-refractivity contribution in [3.8, 4) is 0 Å². The number of hydrogen-bond donors (Lipinski definition) is 4. The Labute approximate surface area is 239 Å². The van der Waals surface area contributed by atoms with E-state index in [1.165, 1.54) is 6.07 Å². The van der Waals surface area contributed by atoms with E-state index in [9.17, 15) is 18.3 Å². The molecule has 0 spiro atoms. The fourth-order valence-electron chi connectivity index (χ4n) is 4.93. The number of alkyl halides is 3. The Hall–Kier alpha value is -3.09. The molecule has 1 saturated carbocycles. The second kappa shape index (κ2) is 14.7. The number of aliphatic hydroxyl groups excluding tert-OH is 1. The Morgan fingerprint density at radius 2 is 1.95 bits per heavy atom. The summed E-state index contributed by atoms with van der Waals surface area (Å²) in [4.78, 5) is 11.5. The molecule has 2 unspecified atom stereocenters. The van der Waals surface area contributed by atoms with Gasteiger partial charge in [0, 0.05) is 38.3 Å². The first kappa shape index (κ1) is 30.9. The molecule has 0 amide bonds. The van der Waals surface area contributed by atoms with E-state index >= 15 is 0 Å². The third-order valence-corrected chi connectivity index (χ3v) is 7.45. The van der Waals surface area contributed by atoms with Crippen molar-refractivity contribution in [3.63, 3.8) is 0 Å². The molecular weight excluding hydrogens is 535 g/mol. The van der Waals surface area contributed by atoms with Crippen LogP contribution in [0.4, 0.5) is 13.2 Å². The predicted molar refractivity (Wildman–Crippen MR) is 153 cm³/mol. The molecular formula is C29H40F3N7O2. The largest absolute Gasteiger partial charge is 0.416 e. The van der Waals surface area contributed by atoms with Gasteiger partial charge in [-0.25, -0.2) is 10.5 Å². The Morgan fingerprint density at radius 3 is 2.63 bits per heavy atom. The number of nitrogens with one attached hydrogen (secondary N) is 3. The summed E-state index contributed by atoms with van der Waals surface area (Å²) in [7, 11) is 0. The first-order chi connectivity index (χ1) is 19.7.